The number of benzene rings is 1. The van der Waals surface area contributed by atoms with Gasteiger partial charge in [0.1, 0.15) is 5.75 Å². The summed E-state index contributed by atoms with van der Waals surface area (Å²) in [4.78, 5) is 0. The fraction of sp³-hybridized carbons (Fsp3) is 0.625. The minimum absolute atomic E-state index is 0.171. The summed E-state index contributed by atoms with van der Waals surface area (Å²) in [5.41, 5.74) is 10.0. The third-order valence-corrected chi connectivity index (χ3v) is 3.92. The Hall–Kier alpha value is -0.730. The zero-order chi connectivity index (χ0) is 13.8. The van der Waals surface area contributed by atoms with E-state index in [4.69, 9.17) is 22.1 Å². The van der Waals surface area contributed by atoms with Crippen LogP contribution in [-0.4, -0.2) is 12.6 Å². The molecule has 1 aromatic rings. The van der Waals surface area contributed by atoms with Crippen LogP contribution in [0.25, 0.3) is 0 Å². The smallest absolute Gasteiger partial charge is 0.141 e. The lowest BCUT2D eigenvalue weighted by molar-refractivity contribution is 0.312. The number of hydrogen-bond donors (Lipinski definition) is 1. The number of ether oxygens (including phenoxy) is 1. The van der Waals surface area contributed by atoms with Crippen molar-refractivity contribution in [1.82, 2.24) is 0 Å². The first-order valence-electron chi connectivity index (χ1n) is 7.35. The molecular weight excluding hydrogens is 258 g/mol. The Morgan fingerprint density at radius 1 is 1.32 bits per heavy atom. The normalized spacial score (nSPS) is 16.0. The quantitative estimate of drug-likeness (QED) is 0.888. The standard InChI is InChI=1S/C16H24ClNO/c1-3-8-19-16-14-7-5-4-6-13(14)12(9-11(2)18)10-15(16)17/h10-11H,3-9,18H2,1-2H3. The highest BCUT2D eigenvalue weighted by atomic mass is 35.5. The molecule has 0 spiro atoms. The van der Waals surface area contributed by atoms with Gasteiger partial charge in [0, 0.05) is 6.04 Å². The topological polar surface area (TPSA) is 35.2 Å². The Balaban J connectivity index is 2.40. The van der Waals surface area contributed by atoms with Crippen LogP contribution in [0, 0.1) is 0 Å². The van der Waals surface area contributed by atoms with Crippen molar-refractivity contribution in [3.05, 3.63) is 27.8 Å². The molecule has 2 rings (SSSR count). The van der Waals surface area contributed by atoms with Crippen molar-refractivity contribution in [1.29, 1.82) is 0 Å². The van der Waals surface area contributed by atoms with E-state index >= 15 is 0 Å². The van der Waals surface area contributed by atoms with Crippen molar-refractivity contribution in [3.8, 4) is 5.75 Å². The minimum Gasteiger partial charge on any atom is -0.492 e. The summed E-state index contributed by atoms with van der Waals surface area (Å²) in [5, 5.41) is 0.754. The molecular formula is C16H24ClNO. The zero-order valence-electron chi connectivity index (χ0n) is 12.0. The Bertz CT molecular complexity index is 443. The molecule has 1 aliphatic rings. The van der Waals surface area contributed by atoms with Crippen molar-refractivity contribution in [3.63, 3.8) is 0 Å². The molecule has 0 aromatic heterocycles. The molecule has 3 heteroatoms. The highest BCUT2D eigenvalue weighted by Gasteiger charge is 2.21. The van der Waals surface area contributed by atoms with E-state index < -0.39 is 0 Å². The fourth-order valence-electron chi connectivity index (χ4n) is 2.85. The van der Waals surface area contributed by atoms with Gasteiger partial charge in [-0.15, -0.1) is 0 Å². The zero-order valence-corrected chi connectivity index (χ0v) is 12.7. The largest absolute Gasteiger partial charge is 0.492 e. The molecule has 0 saturated heterocycles. The Kier molecular flexibility index (Phi) is 5.12. The van der Waals surface area contributed by atoms with E-state index in [1.54, 1.807) is 0 Å². The molecule has 1 aliphatic carbocycles. The third kappa shape index (κ3) is 3.43. The Morgan fingerprint density at radius 2 is 2.00 bits per heavy atom. The van der Waals surface area contributed by atoms with Gasteiger partial charge in [-0.25, -0.2) is 0 Å². The van der Waals surface area contributed by atoms with Crippen LogP contribution < -0.4 is 10.5 Å². The number of rotatable bonds is 5. The van der Waals surface area contributed by atoms with Crippen molar-refractivity contribution in [2.75, 3.05) is 6.61 Å². The molecule has 2 nitrogen and oxygen atoms in total. The first-order valence-corrected chi connectivity index (χ1v) is 7.72. The van der Waals surface area contributed by atoms with Crippen LogP contribution in [0.4, 0.5) is 0 Å². The van der Waals surface area contributed by atoms with Gasteiger partial charge in [0.15, 0.2) is 0 Å². The number of nitrogens with two attached hydrogens (primary N) is 1. The number of hydrogen-bond acceptors (Lipinski definition) is 2. The summed E-state index contributed by atoms with van der Waals surface area (Å²) in [7, 11) is 0. The van der Waals surface area contributed by atoms with E-state index in [2.05, 4.69) is 13.0 Å². The van der Waals surface area contributed by atoms with Crippen LogP contribution in [0.1, 0.15) is 49.8 Å². The molecule has 1 atom stereocenters. The highest BCUT2D eigenvalue weighted by Crippen LogP contribution is 2.38. The minimum atomic E-state index is 0.171. The first kappa shape index (κ1) is 14.7. The van der Waals surface area contributed by atoms with Gasteiger partial charge in [0.05, 0.1) is 11.6 Å². The van der Waals surface area contributed by atoms with Crippen LogP contribution in [0.3, 0.4) is 0 Å². The van der Waals surface area contributed by atoms with Gasteiger partial charge in [-0.3, -0.25) is 0 Å². The summed E-state index contributed by atoms with van der Waals surface area (Å²) < 4.78 is 5.88. The van der Waals surface area contributed by atoms with Crippen LogP contribution in [0.2, 0.25) is 5.02 Å². The van der Waals surface area contributed by atoms with E-state index in [9.17, 15) is 0 Å². The average Bonchev–Trinajstić information content (AvgIpc) is 2.38. The van der Waals surface area contributed by atoms with Crippen LogP contribution in [0.15, 0.2) is 6.07 Å². The second-order valence-corrected chi connectivity index (χ2v) is 5.95. The summed E-state index contributed by atoms with van der Waals surface area (Å²) in [6.07, 6.45) is 6.61. The summed E-state index contributed by atoms with van der Waals surface area (Å²) in [6, 6.07) is 2.24. The maximum Gasteiger partial charge on any atom is 0.141 e. The van der Waals surface area contributed by atoms with E-state index in [0.29, 0.717) is 0 Å². The molecule has 106 valence electrons. The third-order valence-electron chi connectivity index (χ3n) is 3.64. The lowest BCUT2D eigenvalue weighted by Crippen LogP contribution is -2.20. The summed E-state index contributed by atoms with van der Waals surface area (Å²) in [6.45, 7) is 4.90. The van der Waals surface area contributed by atoms with Crippen LogP contribution in [0.5, 0.6) is 5.75 Å². The lowest BCUT2D eigenvalue weighted by atomic mass is 9.85. The monoisotopic (exact) mass is 281 g/mol. The second kappa shape index (κ2) is 6.62. The van der Waals surface area contributed by atoms with E-state index in [0.717, 1.165) is 43.1 Å². The van der Waals surface area contributed by atoms with Gasteiger partial charge >= 0.3 is 0 Å². The van der Waals surface area contributed by atoms with Gasteiger partial charge in [0.25, 0.3) is 0 Å². The predicted molar refractivity (Wildman–Crippen MR) is 81.2 cm³/mol. The second-order valence-electron chi connectivity index (χ2n) is 5.54. The molecule has 1 unspecified atom stereocenters. The van der Waals surface area contributed by atoms with Crippen LogP contribution >= 0.6 is 11.6 Å². The van der Waals surface area contributed by atoms with Crippen molar-refractivity contribution in [2.24, 2.45) is 5.73 Å². The molecule has 1 aromatic carbocycles. The first-order chi connectivity index (χ1) is 9.13. The maximum atomic E-state index is 6.42. The molecule has 0 radical (unpaired) electrons. The number of halogens is 1. The van der Waals surface area contributed by atoms with Gasteiger partial charge in [-0.1, -0.05) is 18.5 Å². The molecule has 0 amide bonds. The van der Waals surface area contributed by atoms with Crippen molar-refractivity contribution < 1.29 is 4.74 Å². The van der Waals surface area contributed by atoms with Gasteiger partial charge in [0.2, 0.25) is 0 Å². The van der Waals surface area contributed by atoms with Gasteiger partial charge in [-0.05, 0) is 68.2 Å². The molecule has 0 saturated carbocycles. The Morgan fingerprint density at radius 3 is 2.63 bits per heavy atom. The summed E-state index contributed by atoms with van der Waals surface area (Å²) in [5.74, 6) is 0.923. The van der Waals surface area contributed by atoms with Gasteiger partial charge in [-0.2, -0.15) is 0 Å². The van der Waals surface area contributed by atoms with E-state index in [1.165, 1.54) is 29.5 Å². The summed E-state index contributed by atoms with van der Waals surface area (Å²) >= 11 is 6.42. The van der Waals surface area contributed by atoms with E-state index in [-0.39, 0.29) is 6.04 Å². The maximum absolute atomic E-state index is 6.42. The molecule has 0 bridgehead atoms. The predicted octanol–water partition coefficient (Wildman–Crippen LogP) is 3.90. The van der Waals surface area contributed by atoms with E-state index in [1.807, 2.05) is 6.92 Å². The average molecular weight is 282 g/mol. The molecule has 0 heterocycles. The molecule has 2 N–H and O–H groups in total. The van der Waals surface area contributed by atoms with Gasteiger partial charge < -0.3 is 10.5 Å². The van der Waals surface area contributed by atoms with Crippen molar-refractivity contribution >= 4 is 11.6 Å². The SMILES string of the molecule is CCCOc1c(Cl)cc(CC(C)N)c2c1CCCC2. The van der Waals surface area contributed by atoms with Crippen LogP contribution in [-0.2, 0) is 19.3 Å². The molecule has 0 fully saturated rings. The molecule has 0 aliphatic heterocycles. The molecule has 19 heavy (non-hydrogen) atoms. The highest BCUT2D eigenvalue weighted by molar-refractivity contribution is 6.32. The Labute approximate surface area is 121 Å². The number of fused-ring (bicyclic) bond motifs is 1. The fourth-order valence-corrected chi connectivity index (χ4v) is 3.15. The lowest BCUT2D eigenvalue weighted by Gasteiger charge is -2.24. The van der Waals surface area contributed by atoms with Crippen molar-refractivity contribution in [2.45, 2.75) is 58.4 Å².